The molecule has 0 bridgehead atoms. The molecule has 0 fully saturated rings. The Morgan fingerprint density at radius 2 is 1.62 bits per heavy atom. The minimum absolute atomic E-state index is 0.115. The summed E-state index contributed by atoms with van der Waals surface area (Å²) in [5, 5.41) is 31.2. The van der Waals surface area contributed by atoms with Crippen LogP contribution in [0.5, 0.6) is 11.5 Å². The van der Waals surface area contributed by atoms with Gasteiger partial charge in [0.2, 0.25) is 0 Å². The van der Waals surface area contributed by atoms with Gasteiger partial charge in [-0.05, 0) is 30.7 Å². The number of halogens is 1. The quantitative estimate of drug-likeness (QED) is 0.113. The Bertz CT molecular complexity index is 1150. The fourth-order valence-electron chi connectivity index (χ4n) is 3.76. The highest BCUT2D eigenvalue weighted by Crippen LogP contribution is 2.40. The van der Waals surface area contributed by atoms with Crippen molar-refractivity contribution in [1.29, 1.82) is 0 Å². The molecule has 180 valence electrons. The Morgan fingerprint density at radius 3 is 2.32 bits per heavy atom. The summed E-state index contributed by atoms with van der Waals surface area (Å²) in [4.78, 5) is 10.4. The molecule has 0 amide bonds. The summed E-state index contributed by atoms with van der Waals surface area (Å²) in [7, 11) is 0. The van der Waals surface area contributed by atoms with E-state index < -0.39 is 4.92 Å². The van der Waals surface area contributed by atoms with E-state index in [9.17, 15) is 15.2 Å². The first-order valence-corrected chi connectivity index (χ1v) is 12.1. The molecule has 0 saturated carbocycles. The van der Waals surface area contributed by atoms with Crippen LogP contribution in [0.4, 0.5) is 17.1 Å². The molecular weight excluding hydrogens is 454 g/mol. The third kappa shape index (κ3) is 6.90. The topological polar surface area (TPSA) is 97.3 Å². The van der Waals surface area contributed by atoms with E-state index in [1.54, 1.807) is 18.2 Å². The summed E-state index contributed by atoms with van der Waals surface area (Å²) < 4.78 is 6.06. The van der Waals surface area contributed by atoms with Gasteiger partial charge in [-0.2, -0.15) is 0 Å². The first-order valence-electron chi connectivity index (χ1n) is 11.7. The number of phenols is 1. The van der Waals surface area contributed by atoms with Crippen LogP contribution in [0.1, 0.15) is 58.3 Å². The zero-order valence-electron chi connectivity index (χ0n) is 19.4. The first-order chi connectivity index (χ1) is 16.5. The van der Waals surface area contributed by atoms with Crippen LogP contribution in [0.25, 0.3) is 10.8 Å². The van der Waals surface area contributed by atoms with E-state index in [1.807, 2.05) is 12.1 Å². The van der Waals surface area contributed by atoms with Crippen molar-refractivity contribution in [2.45, 2.75) is 58.3 Å². The number of nitro groups is 1. The lowest BCUT2D eigenvalue weighted by atomic mass is 10.1. The van der Waals surface area contributed by atoms with Gasteiger partial charge in [0.25, 0.3) is 5.69 Å². The molecule has 0 radical (unpaired) electrons. The fraction of sp³-hybridized carbons (Fsp3) is 0.385. The molecule has 0 aliphatic heterocycles. The molecule has 1 N–H and O–H groups in total. The summed E-state index contributed by atoms with van der Waals surface area (Å²) in [6.07, 6.45) is 9.73. The molecule has 0 aliphatic carbocycles. The molecule has 0 heterocycles. The van der Waals surface area contributed by atoms with Crippen molar-refractivity contribution in [3.8, 4) is 11.5 Å². The summed E-state index contributed by atoms with van der Waals surface area (Å²) in [5.74, 6) is 0.750. The van der Waals surface area contributed by atoms with Gasteiger partial charge in [0.15, 0.2) is 0 Å². The third-order valence-corrected chi connectivity index (χ3v) is 5.92. The van der Waals surface area contributed by atoms with E-state index in [1.165, 1.54) is 56.7 Å². The molecule has 3 aromatic carbocycles. The minimum atomic E-state index is -0.517. The second-order valence-corrected chi connectivity index (χ2v) is 8.61. The zero-order valence-corrected chi connectivity index (χ0v) is 20.1. The summed E-state index contributed by atoms with van der Waals surface area (Å²) in [6.45, 7) is 2.80. The number of fused-ring (bicyclic) bond motifs is 1. The molecule has 0 aromatic heterocycles. The first kappa shape index (κ1) is 25.4. The second-order valence-electron chi connectivity index (χ2n) is 8.20. The van der Waals surface area contributed by atoms with Crippen molar-refractivity contribution in [3.05, 3.63) is 63.7 Å². The smallest absolute Gasteiger partial charge is 0.271 e. The van der Waals surface area contributed by atoms with Crippen molar-refractivity contribution in [1.82, 2.24) is 0 Å². The minimum Gasteiger partial charge on any atom is -0.507 e. The highest BCUT2D eigenvalue weighted by Gasteiger charge is 2.12. The summed E-state index contributed by atoms with van der Waals surface area (Å²) in [5.41, 5.74) is 0.704. The Balaban J connectivity index is 1.72. The maximum absolute atomic E-state index is 10.9. The van der Waals surface area contributed by atoms with Crippen LogP contribution in [0.2, 0.25) is 5.02 Å². The molecule has 3 rings (SSSR count). The predicted octanol–water partition coefficient (Wildman–Crippen LogP) is 9.04. The lowest BCUT2D eigenvalue weighted by Crippen LogP contribution is -1.98. The van der Waals surface area contributed by atoms with Crippen LogP contribution in [-0.2, 0) is 0 Å². The number of nitro benzene ring substituents is 1. The Labute approximate surface area is 204 Å². The molecular formula is C26H30ClN3O4. The summed E-state index contributed by atoms with van der Waals surface area (Å²) >= 11 is 6.14. The van der Waals surface area contributed by atoms with Gasteiger partial charge < -0.3 is 9.84 Å². The molecule has 8 heteroatoms. The Kier molecular flexibility index (Phi) is 9.64. The van der Waals surface area contributed by atoms with Crippen LogP contribution in [0.3, 0.4) is 0 Å². The predicted molar refractivity (Wildman–Crippen MR) is 136 cm³/mol. The average molecular weight is 484 g/mol. The van der Waals surface area contributed by atoms with E-state index in [2.05, 4.69) is 17.2 Å². The maximum atomic E-state index is 10.9. The number of hydrogen-bond donors (Lipinski definition) is 1. The number of nitrogens with zero attached hydrogens (tertiary/aromatic N) is 3. The molecule has 0 spiro atoms. The lowest BCUT2D eigenvalue weighted by molar-refractivity contribution is -0.384. The Morgan fingerprint density at radius 1 is 0.941 bits per heavy atom. The van der Waals surface area contributed by atoms with Gasteiger partial charge in [-0.25, -0.2) is 0 Å². The number of aromatic hydroxyl groups is 1. The molecule has 0 unspecified atom stereocenters. The van der Waals surface area contributed by atoms with Crippen molar-refractivity contribution < 1.29 is 14.8 Å². The van der Waals surface area contributed by atoms with Crippen molar-refractivity contribution >= 4 is 39.4 Å². The number of phenolic OH excluding ortho intramolecular Hbond substituents is 1. The second kappa shape index (κ2) is 12.9. The fourth-order valence-corrected chi connectivity index (χ4v) is 3.97. The number of azo groups is 1. The number of ether oxygens (including phenoxy) is 1. The zero-order chi connectivity index (χ0) is 24.3. The van der Waals surface area contributed by atoms with Crippen molar-refractivity contribution in [2.75, 3.05) is 6.61 Å². The van der Waals surface area contributed by atoms with Crippen molar-refractivity contribution in [3.63, 3.8) is 0 Å². The van der Waals surface area contributed by atoms with Crippen LogP contribution >= 0.6 is 11.6 Å². The van der Waals surface area contributed by atoms with E-state index in [0.29, 0.717) is 34.5 Å². The van der Waals surface area contributed by atoms with E-state index in [-0.39, 0.29) is 16.5 Å². The highest BCUT2D eigenvalue weighted by atomic mass is 35.5. The standard InChI is InChI=1S/C26H30ClN3O4/c1-2-3-4-5-6-7-8-9-17-34-25-12-10-11-20-24(31)16-15-23(26(20)25)29-28-22-14-13-19(30(32)33)18-21(22)27/h10-16,18,31H,2-9,17H2,1H3/b29-28+. The highest BCUT2D eigenvalue weighted by molar-refractivity contribution is 6.33. The molecule has 0 saturated heterocycles. The molecule has 3 aromatic rings. The van der Waals surface area contributed by atoms with Gasteiger partial charge >= 0.3 is 0 Å². The SMILES string of the molecule is CCCCCCCCCCOc1cccc2c(O)ccc(/N=N/c3ccc([N+](=O)[O-])cc3Cl)c12. The van der Waals surface area contributed by atoms with Gasteiger partial charge in [0, 0.05) is 17.5 Å². The van der Waals surface area contributed by atoms with Gasteiger partial charge in [0.05, 0.1) is 27.6 Å². The van der Waals surface area contributed by atoms with Gasteiger partial charge in [0.1, 0.15) is 17.2 Å². The largest absolute Gasteiger partial charge is 0.507 e. The van der Waals surface area contributed by atoms with Crippen molar-refractivity contribution in [2.24, 2.45) is 10.2 Å². The van der Waals surface area contributed by atoms with E-state index in [4.69, 9.17) is 16.3 Å². The summed E-state index contributed by atoms with van der Waals surface area (Å²) in [6, 6.07) is 12.7. The maximum Gasteiger partial charge on any atom is 0.271 e. The molecule has 0 aliphatic rings. The normalized spacial score (nSPS) is 11.4. The Hall–Kier alpha value is -3.19. The molecule has 0 atom stereocenters. The number of unbranched alkanes of at least 4 members (excludes halogenated alkanes) is 7. The lowest BCUT2D eigenvalue weighted by Gasteiger charge is -2.12. The number of rotatable bonds is 13. The van der Waals surface area contributed by atoms with Crippen LogP contribution in [0.15, 0.2) is 58.8 Å². The van der Waals surface area contributed by atoms with Crippen LogP contribution < -0.4 is 4.74 Å². The number of hydrogen-bond acceptors (Lipinski definition) is 6. The van der Waals surface area contributed by atoms with Crippen LogP contribution in [-0.4, -0.2) is 16.6 Å². The molecule has 34 heavy (non-hydrogen) atoms. The number of non-ortho nitro benzene ring substituents is 1. The molecule has 7 nitrogen and oxygen atoms in total. The van der Waals surface area contributed by atoms with E-state index >= 15 is 0 Å². The third-order valence-electron chi connectivity index (χ3n) is 5.62. The number of benzene rings is 3. The monoisotopic (exact) mass is 483 g/mol. The van der Waals surface area contributed by atoms with Gasteiger partial charge in [-0.3, -0.25) is 10.1 Å². The van der Waals surface area contributed by atoms with Crippen LogP contribution in [0, 0.1) is 10.1 Å². The van der Waals surface area contributed by atoms with Gasteiger partial charge in [-0.15, -0.1) is 10.2 Å². The average Bonchev–Trinajstić information content (AvgIpc) is 2.83. The van der Waals surface area contributed by atoms with Gasteiger partial charge in [-0.1, -0.05) is 75.6 Å². The van der Waals surface area contributed by atoms with E-state index in [0.717, 1.165) is 12.8 Å².